The number of benzene rings is 1. The molecule has 0 bridgehead atoms. The van der Waals surface area contributed by atoms with Gasteiger partial charge in [0.25, 0.3) is 5.91 Å². The number of rotatable bonds is 6. The highest BCUT2D eigenvalue weighted by molar-refractivity contribution is 5.96. The van der Waals surface area contributed by atoms with Crippen molar-refractivity contribution in [1.82, 2.24) is 5.32 Å². The van der Waals surface area contributed by atoms with Crippen LogP contribution in [0.2, 0.25) is 0 Å². The minimum atomic E-state index is -0.539. The number of amides is 2. The number of ether oxygens (including phenoxy) is 1. The van der Waals surface area contributed by atoms with Crippen LogP contribution in [0.5, 0.6) is 0 Å². The summed E-state index contributed by atoms with van der Waals surface area (Å²) in [4.78, 5) is 22.5. The molecule has 0 saturated heterocycles. The van der Waals surface area contributed by atoms with Crippen molar-refractivity contribution in [2.75, 3.05) is 26.3 Å². The van der Waals surface area contributed by atoms with Gasteiger partial charge in [-0.3, -0.25) is 9.59 Å². The minimum absolute atomic E-state index is 0.154. The lowest BCUT2D eigenvalue weighted by atomic mass is 10.0. The van der Waals surface area contributed by atoms with Crippen molar-refractivity contribution in [3.63, 3.8) is 0 Å². The molecule has 5 N–H and O–H groups in total. The molecule has 21 heavy (non-hydrogen) atoms. The van der Waals surface area contributed by atoms with Gasteiger partial charge in [0.15, 0.2) is 0 Å². The standard InChI is InChI=1S/C15H19N3O3/c1-11-4-5-12(3-2-6-16)9-13(11)15(20)18-7-8-21-10-14(17)19/h4-5,9H,6-8,10,16H2,1H3,(H2,17,19)(H,18,20). The molecule has 0 aliphatic carbocycles. The highest BCUT2D eigenvalue weighted by Gasteiger charge is 2.09. The van der Waals surface area contributed by atoms with Crippen LogP contribution < -0.4 is 16.8 Å². The van der Waals surface area contributed by atoms with Crippen LogP contribution >= 0.6 is 0 Å². The van der Waals surface area contributed by atoms with E-state index in [4.69, 9.17) is 16.2 Å². The summed E-state index contributed by atoms with van der Waals surface area (Å²) in [6.07, 6.45) is 0. The molecule has 0 radical (unpaired) electrons. The zero-order chi connectivity index (χ0) is 15.7. The molecule has 6 heteroatoms. The van der Waals surface area contributed by atoms with Crippen molar-refractivity contribution >= 4 is 11.8 Å². The Balaban J connectivity index is 2.58. The Labute approximate surface area is 123 Å². The average molecular weight is 289 g/mol. The zero-order valence-corrected chi connectivity index (χ0v) is 11.9. The van der Waals surface area contributed by atoms with Crippen LogP contribution in [0.1, 0.15) is 21.5 Å². The van der Waals surface area contributed by atoms with Gasteiger partial charge in [-0.25, -0.2) is 0 Å². The number of hydrogen-bond donors (Lipinski definition) is 3. The van der Waals surface area contributed by atoms with E-state index in [0.717, 1.165) is 11.1 Å². The van der Waals surface area contributed by atoms with Gasteiger partial charge >= 0.3 is 0 Å². The Bertz CT molecular complexity index is 573. The summed E-state index contributed by atoms with van der Waals surface area (Å²) in [6.45, 7) is 2.48. The van der Waals surface area contributed by atoms with Crippen molar-refractivity contribution in [2.24, 2.45) is 11.5 Å². The van der Waals surface area contributed by atoms with Crippen LogP contribution in [0.4, 0.5) is 0 Å². The first kappa shape index (κ1) is 16.7. The Morgan fingerprint density at radius 3 is 2.81 bits per heavy atom. The number of nitrogens with two attached hydrogens (primary N) is 2. The Kier molecular flexibility index (Phi) is 6.95. The third-order valence-electron chi connectivity index (χ3n) is 2.59. The molecule has 0 unspecified atom stereocenters. The van der Waals surface area contributed by atoms with Crippen molar-refractivity contribution < 1.29 is 14.3 Å². The second-order valence-electron chi connectivity index (χ2n) is 4.31. The first-order valence-corrected chi connectivity index (χ1v) is 6.48. The SMILES string of the molecule is Cc1ccc(C#CCN)cc1C(=O)NCCOCC(N)=O. The van der Waals surface area contributed by atoms with E-state index in [0.29, 0.717) is 12.1 Å². The quantitative estimate of drug-likeness (QED) is 0.486. The zero-order valence-electron chi connectivity index (χ0n) is 11.9. The molecule has 0 spiro atoms. The lowest BCUT2D eigenvalue weighted by Gasteiger charge is -2.08. The van der Waals surface area contributed by atoms with E-state index in [9.17, 15) is 9.59 Å². The first-order chi connectivity index (χ1) is 10.0. The van der Waals surface area contributed by atoms with Crippen molar-refractivity contribution in [3.8, 4) is 11.8 Å². The molecule has 1 aromatic rings. The number of aryl methyl sites for hydroxylation is 1. The normalized spacial score (nSPS) is 9.62. The molecule has 1 rings (SSSR count). The number of carbonyl (C=O) groups excluding carboxylic acids is 2. The van der Waals surface area contributed by atoms with Gasteiger partial charge in [0.2, 0.25) is 5.91 Å². The predicted molar refractivity (Wildman–Crippen MR) is 79.5 cm³/mol. The van der Waals surface area contributed by atoms with Crippen LogP contribution in [0, 0.1) is 18.8 Å². The Morgan fingerprint density at radius 2 is 2.14 bits per heavy atom. The van der Waals surface area contributed by atoms with E-state index >= 15 is 0 Å². The topological polar surface area (TPSA) is 107 Å². The van der Waals surface area contributed by atoms with E-state index in [-0.39, 0.29) is 25.7 Å². The second-order valence-corrected chi connectivity index (χ2v) is 4.31. The number of primary amides is 1. The van der Waals surface area contributed by atoms with Crippen LogP contribution in [0.15, 0.2) is 18.2 Å². The van der Waals surface area contributed by atoms with E-state index in [1.54, 1.807) is 6.07 Å². The molecular formula is C15H19N3O3. The summed E-state index contributed by atoms with van der Waals surface area (Å²) >= 11 is 0. The maximum atomic E-state index is 12.1. The van der Waals surface area contributed by atoms with E-state index in [2.05, 4.69) is 17.2 Å². The minimum Gasteiger partial charge on any atom is -0.370 e. The molecule has 0 aliphatic rings. The third-order valence-corrected chi connectivity index (χ3v) is 2.59. The second kappa shape index (κ2) is 8.74. The molecule has 1 aromatic carbocycles. The van der Waals surface area contributed by atoms with Gasteiger partial charge in [-0.2, -0.15) is 0 Å². The summed E-state index contributed by atoms with van der Waals surface area (Å²) in [7, 11) is 0. The highest BCUT2D eigenvalue weighted by atomic mass is 16.5. The average Bonchev–Trinajstić information content (AvgIpc) is 2.45. The summed E-state index contributed by atoms with van der Waals surface area (Å²) in [5.74, 6) is 4.87. The molecule has 0 saturated carbocycles. The maximum Gasteiger partial charge on any atom is 0.251 e. The monoisotopic (exact) mass is 289 g/mol. The first-order valence-electron chi connectivity index (χ1n) is 6.48. The number of nitrogens with one attached hydrogen (secondary N) is 1. The summed E-state index contributed by atoms with van der Waals surface area (Å²) in [6, 6.07) is 5.39. The molecule has 0 fully saturated rings. The Hall–Kier alpha value is -2.36. The lowest BCUT2D eigenvalue weighted by molar-refractivity contribution is -0.122. The number of hydrogen-bond acceptors (Lipinski definition) is 4. The largest absolute Gasteiger partial charge is 0.370 e. The summed E-state index contributed by atoms with van der Waals surface area (Å²) < 4.78 is 4.96. The third kappa shape index (κ3) is 6.08. The van der Waals surface area contributed by atoms with E-state index in [1.807, 2.05) is 19.1 Å². The van der Waals surface area contributed by atoms with Gasteiger partial charge in [0.05, 0.1) is 13.2 Å². The van der Waals surface area contributed by atoms with Crippen LogP contribution in [-0.2, 0) is 9.53 Å². The fourth-order valence-corrected chi connectivity index (χ4v) is 1.60. The van der Waals surface area contributed by atoms with Crippen molar-refractivity contribution in [3.05, 3.63) is 34.9 Å². The molecule has 6 nitrogen and oxygen atoms in total. The summed E-state index contributed by atoms with van der Waals surface area (Å²) in [5, 5.41) is 2.71. The molecule has 0 atom stereocenters. The smallest absolute Gasteiger partial charge is 0.251 e. The molecule has 112 valence electrons. The van der Waals surface area contributed by atoms with Gasteiger partial charge in [-0.05, 0) is 24.6 Å². The molecule has 0 aromatic heterocycles. The molecule has 0 aliphatic heterocycles. The predicted octanol–water partition coefficient (Wildman–Crippen LogP) is -0.463. The molecule has 2 amide bonds. The fraction of sp³-hybridized carbons (Fsp3) is 0.333. The van der Waals surface area contributed by atoms with Gasteiger partial charge in [0.1, 0.15) is 6.61 Å². The van der Waals surface area contributed by atoms with E-state index in [1.165, 1.54) is 0 Å². The van der Waals surface area contributed by atoms with Crippen LogP contribution in [0.3, 0.4) is 0 Å². The highest BCUT2D eigenvalue weighted by Crippen LogP contribution is 2.10. The maximum absolute atomic E-state index is 12.1. The van der Waals surface area contributed by atoms with Gasteiger partial charge in [0, 0.05) is 17.7 Å². The van der Waals surface area contributed by atoms with E-state index < -0.39 is 5.91 Å². The summed E-state index contributed by atoms with van der Waals surface area (Å²) in [5.41, 5.74) is 12.4. The van der Waals surface area contributed by atoms with Gasteiger partial charge < -0.3 is 21.5 Å². The van der Waals surface area contributed by atoms with Crippen molar-refractivity contribution in [2.45, 2.75) is 6.92 Å². The fourth-order valence-electron chi connectivity index (χ4n) is 1.60. The van der Waals surface area contributed by atoms with Gasteiger partial charge in [-0.15, -0.1) is 0 Å². The lowest BCUT2D eigenvalue weighted by Crippen LogP contribution is -2.29. The molecular weight excluding hydrogens is 270 g/mol. The van der Waals surface area contributed by atoms with Gasteiger partial charge in [-0.1, -0.05) is 17.9 Å². The molecule has 0 heterocycles. The number of carbonyl (C=O) groups is 2. The Morgan fingerprint density at radius 1 is 1.38 bits per heavy atom. The van der Waals surface area contributed by atoms with Crippen molar-refractivity contribution in [1.29, 1.82) is 0 Å². The van der Waals surface area contributed by atoms with Crippen LogP contribution in [-0.4, -0.2) is 38.1 Å². The van der Waals surface area contributed by atoms with Crippen LogP contribution in [0.25, 0.3) is 0 Å².